The van der Waals surface area contributed by atoms with E-state index in [1.54, 1.807) is 0 Å². The third-order valence-electron chi connectivity index (χ3n) is 7.84. The Labute approximate surface area is 258 Å². The van der Waals surface area contributed by atoms with Crippen LogP contribution in [0.25, 0.3) is 11.6 Å². The minimum absolute atomic E-state index is 0.679. The molecule has 0 N–H and O–H groups in total. The molecule has 0 bridgehead atoms. The molecule has 0 saturated heterocycles. The Kier molecular flexibility index (Phi) is 7.32. The van der Waals surface area contributed by atoms with Crippen LogP contribution in [0.15, 0.2) is 138 Å². The number of hydrogen-bond acceptors (Lipinski definition) is 4. The molecule has 6 heteroatoms. The van der Waals surface area contributed by atoms with Gasteiger partial charge in [-0.15, -0.1) is 16.9 Å². The topological polar surface area (TPSA) is 43.6 Å². The highest BCUT2D eigenvalue weighted by Gasteiger charge is 2.41. The zero-order chi connectivity index (χ0) is 28.4. The molecule has 1 aliphatic rings. The third-order valence-corrected chi connectivity index (χ3v) is 9.59. The van der Waals surface area contributed by atoms with Gasteiger partial charge >= 0.3 is 0 Å². The second-order valence-electron chi connectivity index (χ2n) is 10.2. The maximum atomic E-state index is 4.75. The van der Waals surface area contributed by atoms with Crippen LogP contribution < -0.4 is 0 Å². The highest BCUT2D eigenvalue weighted by atomic mass is 79.9. The van der Waals surface area contributed by atoms with Gasteiger partial charge in [-0.05, 0) is 67.1 Å². The smallest absolute Gasteiger partial charge is 0.177 e. The summed E-state index contributed by atoms with van der Waals surface area (Å²) in [6.45, 7) is 0. The predicted octanol–water partition coefficient (Wildman–Crippen LogP) is 8.60. The number of hydrogen-bond donors (Lipinski definition) is 0. The Morgan fingerprint density at radius 1 is 0.714 bits per heavy atom. The molecule has 0 fully saturated rings. The molecule has 42 heavy (non-hydrogen) atoms. The van der Waals surface area contributed by atoms with Crippen LogP contribution in [-0.2, 0) is 16.6 Å². The van der Waals surface area contributed by atoms with Gasteiger partial charge in [0, 0.05) is 16.0 Å². The van der Waals surface area contributed by atoms with Crippen molar-refractivity contribution >= 4 is 39.3 Å². The van der Waals surface area contributed by atoms with E-state index < -0.39 is 5.54 Å². The SMILES string of the molecule is BrCc1ccc2c(c1)SCc1ccccc1C2=Cc1nnnn1C(c1ccccc1)(c1ccccc1)c1ccccc1. The molecule has 204 valence electrons. The molecule has 1 aromatic heterocycles. The van der Waals surface area contributed by atoms with Gasteiger partial charge in [0.2, 0.25) is 0 Å². The Morgan fingerprint density at radius 2 is 1.31 bits per heavy atom. The minimum Gasteiger partial charge on any atom is -0.206 e. The molecule has 0 aliphatic carbocycles. The van der Waals surface area contributed by atoms with Crippen molar-refractivity contribution in [3.63, 3.8) is 0 Å². The number of aromatic nitrogens is 4. The second-order valence-corrected chi connectivity index (χ2v) is 11.8. The molecule has 0 saturated carbocycles. The lowest BCUT2D eigenvalue weighted by Gasteiger charge is -2.36. The van der Waals surface area contributed by atoms with Gasteiger partial charge in [-0.2, -0.15) is 0 Å². The van der Waals surface area contributed by atoms with Crippen LogP contribution in [0.5, 0.6) is 0 Å². The Morgan fingerprint density at radius 3 is 1.93 bits per heavy atom. The van der Waals surface area contributed by atoms with Crippen LogP contribution in [0.2, 0.25) is 0 Å². The maximum absolute atomic E-state index is 4.75. The molecule has 0 amide bonds. The van der Waals surface area contributed by atoms with Gasteiger partial charge in [-0.1, -0.05) is 143 Å². The van der Waals surface area contributed by atoms with E-state index in [1.165, 1.54) is 27.1 Å². The molecular formula is C36H27BrN4S. The maximum Gasteiger partial charge on any atom is 0.177 e. The van der Waals surface area contributed by atoms with Gasteiger partial charge in [0.15, 0.2) is 5.82 Å². The van der Waals surface area contributed by atoms with Crippen molar-refractivity contribution in [3.8, 4) is 0 Å². The number of thioether (sulfide) groups is 1. The zero-order valence-electron chi connectivity index (χ0n) is 22.8. The summed E-state index contributed by atoms with van der Waals surface area (Å²) in [7, 11) is 0. The molecule has 0 spiro atoms. The average molecular weight is 628 g/mol. The summed E-state index contributed by atoms with van der Waals surface area (Å²) in [5.41, 5.74) is 8.49. The fraction of sp³-hybridized carbons (Fsp3) is 0.0833. The van der Waals surface area contributed by atoms with E-state index >= 15 is 0 Å². The summed E-state index contributed by atoms with van der Waals surface area (Å²) < 4.78 is 1.99. The molecular weight excluding hydrogens is 600 g/mol. The molecule has 2 heterocycles. The summed E-state index contributed by atoms with van der Waals surface area (Å²) in [6, 6.07) is 47.0. The van der Waals surface area contributed by atoms with E-state index in [-0.39, 0.29) is 0 Å². The molecule has 5 aromatic carbocycles. The Hall–Kier alpha value is -4.26. The van der Waals surface area contributed by atoms with Crippen molar-refractivity contribution in [1.82, 2.24) is 20.2 Å². The number of nitrogens with zero attached hydrogens (tertiary/aromatic N) is 4. The first-order valence-electron chi connectivity index (χ1n) is 13.9. The Bertz CT molecular complexity index is 1770. The molecule has 0 unspecified atom stereocenters. The number of tetrazole rings is 1. The minimum atomic E-state index is -0.804. The van der Waals surface area contributed by atoms with Crippen molar-refractivity contribution in [3.05, 3.63) is 178 Å². The van der Waals surface area contributed by atoms with Crippen molar-refractivity contribution < 1.29 is 0 Å². The lowest BCUT2D eigenvalue weighted by atomic mass is 9.77. The summed E-state index contributed by atoms with van der Waals surface area (Å²) in [5, 5.41) is 14.5. The molecule has 7 rings (SSSR count). The normalized spacial score (nSPS) is 13.8. The molecule has 0 radical (unpaired) electrons. The van der Waals surface area contributed by atoms with Gasteiger partial charge in [0.05, 0.1) is 0 Å². The van der Waals surface area contributed by atoms with Crippen LogP contribution >= 0.6 is 27.7 Å². The van der Waals surface area contributed by atoms with Crippen LogP contribution in [-0.4, -0.2) is 20.2 Å². The number of halogens is 1. The zero-order valence-corrected chi connectivity index (χ0v) is 25.2. The van der Waals surface area contributed by atoms with E-state index in [0.29, 0.717) is 5.82 Å². The quantitative estimate of drug-likeness (QED) is 0.137. The van der Waals surface area contributed by atoms with Crippen LogP contribution in [0.4, 0.5) is 0 Å². The van der Waals surface area contributed by atoms with E-state index in [4.69, 9.17) is 5.21 Å². The van der Waals surface area contributed by atoms with E-state index in [1.807, 2.05) is 34.6 Å². The van der Waals surface area contributed by atoms with E-state index in [2.05, 4.69) is 148 Å². The fourth-order valence-corrected chi connectivity index (χ4v) is 7.39. The van der Waals surface area contributed by atoms with Gasteiger partial charge in [0.25, 0.3) is 0 Å². The summed E-state index contributed by atoms with van der Waals surface area (Å²) in [4.78, 5) is 1.26. The first-order valence-corrected chi connectivity index (χ1v) is 16.0. The summed E-state index contributed by atoms with van der Waals surface area (Å²) in [6.07, 6.45) is 2.17. The van der Waals surface area contributed by atoms with Gasteiger partial charge in [-0.25, -0.2) is 4.68 Å². The third kappa shape index (κ3) is 4.61. The van der Waals surface area contributed by atoms with Crippen LogP contribution in [0.1, 0.15) is 44.8 Å². The molecule has 1 aliphatic heterocycles. The highest BCUT2D eigenvalue weighted by Crippen LogP contribution is 2.44. The van der Waals surface area contributed by atoms with E-state index in [9.17, 15) is 0 Å². The summed E-state index contributed by atoms with van der Waals surface area (Å²) in [5.74, 6) is 1.58. The van der Waals surface area contributed by atoms with Crippen LogP contribution in [0, 0.1) is 0 Å². The Balaban J connectivity index is 1.54. The van der Waals surface area contributed by atoms with E-state index in [0.717, 1.165) is 33.3 Å². The van der Waals surface area contributed by atoms with Gasteiger partial charge in [0.1, 0.15) is 5.54 Å². The largest absolute Gasteiger partial charge is 0.206 e. The van der Waals surface area contributed by atoms with Crippen molar-refractivity contribution in [2.45, 2.75) is 21.5 Å². The first kappa shape index (κ1) is 26.6. The number of benzene rings is 5. The average Bonchev–Trinajstić information content (AvgIpc) is 3.47. The molecule has 4 nitrogen and oxygen atoms in total. The van der Waals surface area contributed by atoms with Gasteiger partial charge < -0.3 is 0 Å². The first-order chi connectivity index (χ1) is 20.8. The number of fused-ring (bicyclic) bond motifs is 2. The monoisotopic (exact) mass is 626 g/mol. The summed E-state index contributed by atoms with van der Waals surface area (Å²) >= 11 is 5.52. The van der Waals surface area contributed by atoms with Crippen molar-refractivity contribution in [2.75, 3.05) is 0 Å². The molecule has 0 atom stereocenters. The second kappa shape index (κ2) is 11.6. The lowest BCUT2D eigenvalue weighted by molar-refractivity contribution is 0.443. The standard InChI is InChI=1S/C36H27BrN4S/c37-24-26-20-21-32-33(31-19-11-10-12-27(31)25-42-34(32)22-26)23-35-38-39-40-41(35)36(28-13-4-1-5-14-28,29-15-6-2-7-16-29)30-17-8-3-9-18-30/h1-23H,24-25H2. The highest BCUT2D eigenvalue weighted by molar-refractivity contribution is 9.08. The lowest BCUT2D eigenvalue weighted by Crippen LogP contribution is -2.39. The van der Waals surface area contributed by atoms with Crippen molar-refractivity contribution in [2.24, 2.45) is 0 Å². The number of rotatable bonds is 6. The predicted molar refractivity (Wildman–Crippen MR) is 174 cm³/mol. The fourth-order valence-electron chi connectivity index (χ4n) is 5.91. The molecule has 6 aromatic rings. The number of alkyl halides is 1. The van der Waals surface area contributed by atoms with Crippen molar-refractivity contribution in [1.29, 1.82) is 0 Å². The van der Waals surface area contributed by atoms with Gasteiger partial charge in [-0.3, -0.25) is 0 Å². The van der Waals surface area contributed by atoms with Crippen LogP contribution in [0.3, 0.4) is 0 Å².